The van der Waals surface area contributed by atoms with Gasteiger partial charge in [0.15, 0.2) is 0 Å². The van der Waals surface area contributed by atoms with Crippen LogP contribution in [0.5, 0.6) is 5.88 Å². The molecule has 1 unspecified atom stereocenters. The summed E-state index contributed by atoms with van der Waals surface area (Å²) in [5.41, 5.74) is 1.23. The highest BCUT2D eigenvalue weighted by Gasteiger charge is 2.22. The van der Waals surface area contributed by atoms with Gasteiger partial charge in [0.2, 0.25) is 5.88 Å². The Labute approximate surface area is 124 Å². The first-order chi connectivity index (χ1) is 10.3. The van der Waals surface area contributed by atoms with Gasteiger partial charge in [-0.3, -0.25) is 4.90 Å². The van der Waals surface area contributed by atoms with Crippen molar-refractivity contribution in [2.24, 2.45) is 0 Å². The van der Waals surface area contributed by atoms with Crippen LogP contribution in [0.4, 0.5) is 5.82 Å². The van der Waals surface area contributed by atoms with E-state index in [9.17, 15) is 0 Å². The van der Waals surface area contributed by atoms with Gasteiger partial charge >= 0.3 is 0 Å². The third-order valence-electron chi connectivity index (χ3n) is 3.62. The number of ether oxygens (including phenoxy) is 1. The van der Waals surface area contributed by atoms with Gasteiger partial charge in [-0.05, 0) is 24.1 Å². The number of nitrogens with one attached hydrogen (secondary N) is 1. The van der Waals surface area contributed by atoms with Crippen LogP contribution in [0.15, 0.2) is 36.9 Å². The highest BCUT2D eigenvalue weighted by atomic mass is 16.5. The molecule has 0 amide bonds. The lowest BCUT2D eigenvalue weighted by Gasteiger charge is -2.17. The monoisotopic (exact) mass is 285 g/mol. The van der Waals surface area contributed by atoms with E-state index in [1.165, 1.54) is 5.56 Å². The Bertz CT molecular complexity index is 577. The zero-order chi connectivity index (χ0) is 14.5. The smallest absolute Gasteiger partial charge is 0.213 e. The molecule has 1 aliphatic heterocycles. The molecule has 1 N–H and O–H groups in total. The number of aromatic nitrogens is 3. The van der Waals surface area contributed by atoms with Gasteiger partial charge < -0.3 is 10.1 Å². The van der Waals surface area contributed by atoms with Crippen molar-refractivity contribution in [3.63, 3.8) is 0 Å². The first-order valence-electron chi connectivity index (χ1n) is 7.07. The van der Waals surface area contributed by atoms with Gasteiger partial charge in [-0.1, -0.05) is 0 Å². The fourth-order valence-corrected chi connectivity index (χ4v) is 2.60. The van der Waals surface area contributed by atoms with Crippen LogP contribution in [0.2, 0.25) is 0 Å². The molecule has 1 aliphatic rings. The third-order valence-corrected chi connectivity index (χ3v) is 3.62. The van der Waals surface area contributed by atoms with Crippen molar-refractivity contribution in [3.8, 4) is 5.88 Å². The van der Waals surface area contributed by atoms with Gasteiger partial charge in [0, 0.05) is 44.1 Å². The summed E-state index contributed by atoms with van der Waals surface area (Å²) in [6.07, 6.45) is 6.23. The molecule has 0 radical (unpaired) electrons. The lowest BCUT2D eigenvalue weighted by atomic mass is 10.2. The predicted octanol–water partition coefficient (Wildman–Crippen LogP) is 1.57. The standard InChI is InChI=1S/C15H19N5O/c1-21-15-8-12(2-6-17-15)9-20-7-4-13(10-20)19-14-3-5-16-11-18-14/h2-3,5-6,8,11,13H,4,7,9-10H2,1H3,(H,16,18,19). The molecule has 3 heterocycles. The third kappa shape index (κ3) is 3.66. The molecule has 6 nitrogen and oxygen atoms in total. The number of anilines is 1. The van der Waals surface area contributed by atoms with Gasteiger partial charge in [-0.2, -0.15) is 0 Å². The molecular formula is C15H19N5O. The summed E-state index contributed by atoms with van der Waals surface area (Å²) >= 11 is 0. The minimum Gasteiger partial charge on any atom is -0.481 e. The van der Waals surface area contributed by atoms with Crippen molar-refractivity contribution in [2.75, 3.05) is 25.5 Å². The van der Waals surface area contributed by atoms with Gasteiger partial charge in [-0.15, -0.1) is 0 Å². The number of likely N-dealkylation sites (tertiary alicyclic amines) is 1. The number of nitrogens with zero attached hydrogens (tertiary/aromatic N) is 4. The molecule has 0 saturated carbocycles. The van der Waals surface area contributed by atoms with Gasteiger partial charge in [0.25, 0.3) is 0 Å². The van der Waals surface area contributed by atoms with Crippen molar-refractivity contribution in [1.29, 1.82) is 0 Å². The second-order valence-corrected chi connectivity index (χ2v) is 5.17. The lowest BCUT2D eigenvalue weighted by Crippen LogP contribution is -2.26. The van der Waals surface area contributed by atoms with E-state index in [1.807, 2.05) is 18.2 Å². The van der Waals surface area contributed by atoms with E-state index in [4.69, 9.17) is 4.74 Å². The molecule has 1 atom stereocenters. The van der Waals surface area contributed by atoms with Gasteiger partial charge in [0.05, 0.1) is 7.11 Å². The summed E-state index contributed by atoms with van der Waals surface area (Å²) in [6, 6.07) is 6.36. The van der Waals surface area contributed by atoms with Crippen molar-refractivity contribution in [1.82, 2.24) is 19.9 Å². The number of hydrogen-bond acceptors (Lipinski definition) is 6. The number of methoxy groups -OCH3 is 1. The predicted molar refractivity (Wildman–Crippen MR) is 80.1 cm³/mol. The second-order valence-electron chi connectivity index (χ2n) is 5.17. The fourth-order valence-electron chi connectivity index (χ4n) is 2.60. The maximum Gasteiger partial charge on any atom is 0.213 e. The van der Waals surface area contributed by atoms with Crippen LogP contribution in [0.3, 0.4) is 0 Å². The van der Waals surface area contributed by atoms with E-state index < -0.39 is 0 Å². The normalized spacial score (nSPS) is 18.6. The van der Waals surface area contributed by atoms with Crippen LogP contribution in [0.1, 0.15) is 12.0 Å². The van der Waals surface area contributed by atoms with Crippen LogP contribution in [-0.4, -0.2) is 46.1 Å². The fraction of sp³-hybridized carbons (Fsp3) is 0.400. The molecule has 21 heavy (non-hydrogen) atoms. The molecule has 0 aromatic carbocycles. The van der Waals surface area contributed by atoms with Crippen molar-refractivity contribution >= 4 is 5.82 Å². The van der Waals surface area contributed by atoms with E-state index >= 15 is 0 Å². The maximum atomic E-state index is 5.16. The largest absolute Gasteiger partial charge is 0.481 e. The highest BCUT2D eigenvalue weighted by molar-refractivity contribution is 5.33. The first-order valence-corrected chi connectivity index (χ1v) is 7.07. The van der Waals surface area contributed by atoms with Crippen molar-refractivity contribution in [2.45, 2.75) is 19.0 Å². The molecule has 0 spiro atoms. The highest BCUT2D eigenvalue weighted by Crippen LogP contribution is 2.17. The van der Waals surface area contributed by atoms with E-state index in [0.717, 1.165) is 31.9 Å². The average Bonchev–Trinajstić information content (AvgIpc) is 2.95. The topological polar surface area (TPSA) is 63.2 Å². The number of rotatable bonds is 5. The van der Waals surface area contributed by atoms with Crippen LogP contribution in [0, 0.1) is 0 Å². The minimum atomic E-state index is 0.434. The number of hydrogen-bond donors (Lipinski definition) is 1. The Morgan fingerprint density at radius 2 is 2.29 bits per heavy atom. The zero-order valence-electron chi connectivity index (χ0n) is 12.1. The summed E-state index contributed by atoms with van der Waals surface area (Å²) in [5.74, 6) is 1.56. The zero-order valence-corrected chi connectivity index (χ0v) is 12.1. The Morgan fingerprint density at radius 3 is 3.10 bits per heavy atom. The summed E-state index contributed by atoms with van der Waals surface area (Å²) in [5, 5.41) is 3.45. The molecule has 6 heteroatoms. The van der Waals surface area contributed by atoms with E-state index in [2.05, 4.69) is 25.2 Å². The molecule has 1 fully saturated rings. The summed E-state index contributed by atoms with van der Waals surface area (Å²) in [7, 11) is 1.64. The maximum absolute atomic E-state index is 5.16. The molecule has 2 aromatic heterocycles. The molecule has 3 rings (SSSR count). The molecule has 2 aromatic rings. The Balaban J connectivity index is 1.54. The molecule has 110 valence electrons. The summed E-state index contributed by atoms with van der Waals surface area (Å²) in [4.78, 5) is 14.7. The second kappa shape index (κ2) is 6.49. The summed E-state index contributed by atoms with van der Waals surface area (Å²) in [6.45, 7) is 3.00. The van der Waals surface area contributed by atoms with Crippen molar-refractivity contribution in [3.05, 3.63) is 42.5 Å². The Morgan fingerprint density at radius 1 is 1.33 bits per heavy atom. The van der Waals surface area contributed by atoms with Crippen LogP contribution in [0.25, 0.3) is 0 Å². The number of pyridine rings is 1. The molecule has 1 saturated heterocycles. The SMILES string of the molecule is COc1cc(CN2CCC(Nc3ccncn3)C2)ccn1. The lowest BCUT2D eigenvalue weighted by molar-refractivity contribution is 0.327. The van der Waals surface area contributed by atoms with Gasteiger partial charge in [0.1, 0.15) is 12.1 Å². The van der Waals surface area contributed by atoms with E-state index in [-0.39, 0.29) is 0 Å². The van der Waals surface area contributed by atoms with Gasteiger partial charge in [-0.25, -0.2) is 15.0 Å². The van der Waals surface area contributed by atoms with Crippen LogP contribution < -0.4 is 10.1 Å². The quantitative estimate of drug-likeness (QED) is 0.899. The van der Waals surface area contributed by atoms with E-state index in [0.29, 0.717) is 11.9 Å². The minimum absolute atomic E-state index is 0.434. The van der Waals surface area contributed by atoms with Crippen molar-refractivity contribution < 1.29 is 4.74 Å². The Hall–Kier alpha value is -2.21. The molecule has 0 bridgehead atoms. The van der Waals surface area contributed by atoms with E-state index in [1.54, 1.807) is 25.8 Å². The Kier molecular flexibility index (Phi) is 4.25. The molecule has 0 aliphatic carbocycles. The first kappa shape index (κ1) is 13.8. The molecular weight excluding hydrogens is 266 g/mol. The summed E-state index contributed by atoms with van der Waals surface area (Å²) < 4.78 is 5.16. The average molecular weight is 285 g/mol. The van der Waals surface area contributed by atoms with Crippen LogP contribution >= 0.6 is 0 Å². The van der Waals surface area contributed by atoms with Crippen LogP contribution in [-0.2, 0) is 6.54 Å².